The van der Waals surface area contributed by atoms with Crippen molar-refractivity contribution in [1.29, 1.82) is 0 Å². The maximum absolute atomic E-state index is 12.6. The highest BCUT2D eigenvalue weighted by atomic mass is 16.5. The maximum atomic E-state index is 12.6. The summed E-state index contributed by atoms with van der Waals surface area (Å²) in [5, 5.41) is 4.11. The molecular weight excluding hydrogens is 534 g/mol. The number of furan rings is 1. The van der Waals surface area contributed by atoms with Gasteiger partial charge in [-0.05, 0) is 66.3 Å². The summed E-state index contributed by atoms with van der Waals surface area (Å²) in [7, 11) is 1.38. The van der Waals surface area contributed by atoms with Crippen molar-refractivity contribution in [1.82, 2.24) is 5.32 Å². The average molecular weight is 574 g/mol. The molecule has 43 heavy (non-hydrogen) atoms. The molecule has 0 saturated carbocycles. The Morgan fingerprint density at radius 2 is 1.65 bits per heavy atom. The topological polar surface area (TPSA) is 68.5 Å². The van der Waals surface area contributed by atoms with E-state index in [1.165, 1.54) is 7.11 Å². The van der Waals surface area contributed by atoms with Crippen molar-refractivity contribution >= 4 is 34.5 Å². The van der Waals surface area contributed by atoms with Gasteiger partial charge in [-0.15, -0.1) is 0 Å². The summed E-state index contributed by atoms with van der Waals surface area (Å²) in [5.74, 6) is 0.528. The predicted octanol–water partition coefficient (Wildman–Crippen LogP) is 8.86. The number of carbonyl (C=O) groups is 2. The Labute approximate surface area is 254 Å². The van der Waals surface area contributed by atoms with Crippen molar-refractivity contribution < 1.29 is 18.7 Å². The van der Waals surface area contributed by atoms with E-state index in [4.69, 9.17) is 4.42 Å². The molecule has 220 valence electrons. The van der Waals surface area contributed by atoms with E-state index < -0.39 is 0 Å². The Hall–Kier alpha value is -4.90. The molecule has 4 aromatic rings. The molecule has 1 aliphatic rings. The van der Waals surface area contributed by atoms with Crippen LogP contribution in [0, 0.1) is 12.3 Å². The molecule has 1 amide bonds. The molecule has 1 N–H and O–H groups in total. The first-order valence-corrected chi connectivity index (χ1v) is 14.4. The molecule has 0 fully saturated rings. The van der Waals surface area contributed by atoms with Gasteiger partial charge in [-0.2, -0.15) is 0 Å². The van der Waals surface area contributed by atoms with Crippen LogP contribution in [-0.2, 0) is 16.0 Å². The minimum atomic E-state index is -0.287. The fourth-order valence-corrected chi connectivity index (χ4v) is 4.32. The third-order valence-electron chi connectivity index (χ3n) is 6.70. The smallest absolute Gasteiger partial charge is 0.337 e. The second-order valence-electron chi connectivity index (χ2n) is 11.6. The second kappa shape index (κ2) is 14.3. The molecule has 0 saturated heterocycles. The number of allylic oxidation sites excluding steroid dienone is 6. The van der Waals surface area contributed by atoms with E-state index in [0.717, 1.165) is 51.1 Å². The molecule has 0 spiro atoms. The summed E-state index contributed by atoms with van der Waals surface area (Å²) < 4.78 is 10.5. The van der Waals surface area contributed by atoms with Crippen LogP contribution in [0.5, 0.6) is 0 Å². The lowest BCUT2D eigenvalue weighted by Crippen LogP contribution is -2.23. The van der Waals surface area contributed by atoms with E-state index in [2.05, 4.69) is 67.3 Å². The molecule has 5 heteroatoms. The summed E-state index contributed by atoms with van der Waals surface area (Å²) >= 11 is 0. The molecule has 1 aromatic heterocycles. The highest BCUT2D eigenvalue weighted by Crippen LogP contribution is 2.27. The average Bonchev–Trinajstić information content (AvgIpc) is 3.29. The Kier molecular flexibility index (Phi) is 10.3. The number of benzene rings is 3. The number of nitrogens with one attached hydrogen (secondary N) is 1. The summed E-state index contributed by atoms with van der Waals surface area (Å²) in [4.78, 5) is 23.5. The Bertz CT molecular complexity index is 1640. The van der Waals surface area contributed by atoms with Crippen LogP contribution < -0.4 is 5.32 Å². The first kappa shape index (κ1) is 31.0. The number of methoxy groups -OCH3 is 1. The zero-order chi connectivity index (χ0) is 30.8. The van der Waals surface area contributed by atoms with Gasteiger partial charge in [0, 0.05) is 16.7 Å². The van der Waals surface area contributed by atoms with Gasteiger partial charge in [0.25, 0.3) is 0 Å². The van der Waals surface area contributed by atoms with Gasteiger partial charge >= 0.3 is 5.97 Å². The van der Waals surface area contributed by atoms with Gasteiger partial charge in [-0.1, -0.05) is 105 Å². The highest BCUT2D eigenvalue weighted by molar-refractivity contribution is 5.89. The third kappa shape index (κ3) is 9.57. The third-order valence-corrected chi connectivity index (χ3v) is 6.70. The number of carbonyl (C=O) groups excluding carboxylic acids is 2. The molecule has 0 bridgehead atoms. The van der Waals surface area contributed by atoms with Crippen LogP contribution in [-0.4, -0.2) is 19.0 Å². The lowest BCUT2D eigenvalue weighted by molar-refractivity contribution is -0.119. The number of ether oxygens (including phenoxy) is 1. The lowest BCUT2D eigenvalue weighted by Gasteiger charge is -2.11. The Balaban J connectivity index is 0.000000324. The zero-order valence-corrected chi connectivity index (χ0v) is 25.5. The molecule has 0 unspecified atom stereocenters. The molecule has 5 nitrogen and oxygen atoms in total. The van der Waals surface area contributed by atoms with Gasteiger partial charge in [-0.25, -0.2) is 4.79 Å². The molecule has 1 heterocycles. The molecule has 1 aliphatic carbocycles. The normalized spacial score (nSPS) is 13.0. The maximum Gasteiger partial charge on any atom is 0.337 e. The van der Waals surface area contributed by atoms with E-state index in [9.17, 15) is 9.59 Å². The SMILES string of the molecule is CC(C)(C)/C=C/c1ccc(CC(=O)NC2=CCC=C(c3cc4ccccc4o3)C=C2)cc1.COC(=O)c1ccc(C)cc1. The molecule has 0 aliphatic heterocycles. The number of aryl methyl sites for hydroxylation is 1. The van der Waals surface area contributed by atoms with E-state index in [0.29, 0.717) is 12.0 Å². The summed E-state index contributed by atoms with van der Waals surface area (Å²) in [6.07, 6.45) is 13.4. The fourth-order valence-electron chi connectivity index (χ4n) is 4.32. The number of esters is 1. The van der Waals surface area contributed by atoms with Crippen molar-refractivity contribution in [2.45, 2.75) is 40.5 Å². The van der Waals surface area contributed by atoms with Crippen molar-refractivity contribution in [3.63, 3.8) is 0 Å². The Morgan fingerprint density at radius 1 is 0.930 bits per heavy atom. The number of rotatable bonds is 6. The molecule has 3 aromatic carbocycles. The van der Waals surface area contributed by atoms with Crippen LogP contribution in [0.2, 0.25) is 0 Å². The van der Waals surface area contributed by atoms with Gasteiger partial charge in [0.1, 0.15) is 11.3 Å². The van der Waals surface area contributed by atoms with Crippen LogP contribution in [0.25, 0.3) is 22.6 Å². The van der Waals surface area contributed by atoms with Crippen molar-refractivity contribution in [2.24, 2.45) is 5.41 Å². The number of hydrogen-bond donors (Lipinski definition) is 1. The number of fused-ring (bicyclic) bond motifs is 1. The zero-order valence-electron chi connectivity index (χ0n) is 25.5. The van der Waals surface area contributed by atoms with Crippen molar-refractivity contribution in [3.05, 3.63) is 143 Å². The van der Waals surface area contributed by atoms with Gasteiger partial charge in [0.15, 0.2) is 0 Å². The minimum absolute atomic E-state index is 0.0222. The van der Waals surface area contributed by atoms with Crippen LogP contribution >= 0.6 is 0 Å². The largest absolute Gasteiger partial charge is 0.465 e. The van der Waals surface area contributed by atoms with Gasteiger partial charge in [0.05, 0.1) is 19.1 Å². The fraction of sp³-hybridized carbons (Fsp3) is 0.211. The highest BCUT2D eigenvalue weighted by Gasteiger charge is 2.10. The molecule has 0 radical (unpaired) electrons. The van der Waals surface area contributed by atoms with Gasteiger partial charge in [0.2, 0.25) is 5.91 Å². The summed E-state index contributed by atoms with van der Waals surface area (Å²) in [6.45, 7) is 8.50. The molecule has 5 rings (SSSR count). The summed E-state index contributed by atoms with van der Waals surface area (Å²) in [6, 6.07) is 25.4. The van der Waals surface area contributed by atoms with E-state index in [1.54, 1.807) is 12.1 Å². The predicted molar refractivity (Wildman–Crippen MR) is 175 cm³/mol. The van der Waals surface area contributed by atoms with E-state index >= 15 is 0 Å². The van der Waals surface area contributed by atoms with Crippen molar-refractivity contribution in [3.8, 4) is 0 Å². The van der Waals surface area contributed by atoms with E-state index in [1.807, 2.05) is 73.7 Å². The quantitative estimate of drug-likeness (QED) is 0.234. The van der Waals surface area contributed by atoms with Gasteiger partial charge in [-0.3, -0.25) is 4.79 Å². The van der Waals surface area contributed by atoms with Crippen LogP contribution in [0.3, 0.4) is 0 Å². The monoisotopic (exact) mass is 573 g/mol. The van der Waals surface area contributed by atoms with Crippen LogP contribution in [0.1, 0.15) is 60.0 Å². The second-order valence-corrected chi connectivity index (χ2v) is 11.6. The number of amides is 1. The standard InChI is InChI=1S/C29H29NO2.C9H10O2/c1-29(2,3)18-17-21-11-13-22(14-12-21)19-28(31)30-25-9-6-8-23(15-16-25)27-20-24-7-4-5-10-26(24)32-27;1-7-3-5-8(6-4-7)9(10)11-2/h4-5,7-18,20H,6,19H2,1-3H3,(H,30,31);3-6H,1-2H3/b18-17+;. The minimum Gasteiger partial charge on any atom is -0.465 e. The van der Waals surface area contributed by atoms with E-state index in [-0.39, 0.29) is 17.3 Å². The number of hydrogen-bond acceptors (Lipinski definition) is 4. The van der Waals surface area contributed by atoms with Crippen LogP contribution in [0.4, 0.5) is 0 Å². The Morgan fingerprint density at radius 3 is 2.33 bits per heavy atom. The van der Waals surface area contributed by atoms with Crippen LogP contribution in [0.15, 0.2) is 119 Å². The van der Waals surface area contributed by atoms with Crippen molar-refractivity contribution in [2.75, 3.05) is 7.11 Å². The molecule has 0 atom stereocenters. The first-order chi connectivity index (χ1) is 20.6. The summed E-state index contributed by atoms with van der Waals surface area (Å²) in [5.41, 5.74) is 6.72. The number of para-hydroxylation sites is 1. The van der Waals surface area contributed by atoms with Gasteiger partial charge < -0.3 is 14.5 Å². The lowest BCUT2D eigenvalue weighted by atomic mass is 9.95. The first-order valence-electron chi connectivity index (χ1n) is 14.4. The molecular formula is C38H39NO4.